The lowest BCUT2D eigenvalue weighted by molar-refractivity contribution is -0.140. The van der Waals surface area contributed by atoms with Gasteiger partial charge in [0.25, 0.3) is 11.7 Å². The van der Waals surface area contributed by atoms with Gasteiger partial charge in [-0.2, -0.15) is 0 Å². The van der Waals surface area contributed by atoms with E-state index in [1.165, 1.54) is 11.0 Å². The van der Waals surface area contributed by atoms with E-state index in [-0.39, 0.29) is 22.9 Å². The van der Waals surface area contributed by atoms with Crippen LogP contribution in [0.1, 0.15) is 23.6 Å². The van der Waals surface area contributed by atoms with Gasteiger partial charge in [0.15, 0.2) is 11.5 Å². The number of likely N-dealkylation sites (tertiary alicyclic amines) is 1. The number of benzene rings is 2. The van der Waals surface area contributed by atoms with Crippen LogP contribution in [-0.2, 0) is 14.3 Å². The molecule has 0 aromatic heterocycles. The minimum atomic E-state index is -0.871. The summed E-state index contributed by atoms with van der Waals surface area (Å²) in [6.07, 6.45) is 0.509. The van der Waals surface area contributed by atoms with Crippen molar-refractivity contribution in [1.82, 2.24) is 4.90 Å². The Bertz CT molecular complexity index is 1100. The molecule has 7 nitrogen and oxygen atoms in total. The minimum absolute atomic E-state index is 0.0479. The molecule has 2 aliphatic rings. The van der Waals surface area contributed by atoms with E-state index < -0.39 is 17.7 Å². The highest BCUT2D eigenvalue weighted by Crippen LogP contribution is 2.43. The summed E-state index contributed by atoms with van der Waals surface area (Å²) >= 11 is 12.5. The number of Topliss-reactive ketones (excluding diaryl/α,β-unsaturated/α-hetero) is 1. The lowest BCUT2D eigenvalue weighted by Crippen LogP contribution is -2.31. The molecule has 0 saturated carbocycles. The maximum atomic E-state index is 13.0. The second kappa shape index (κ2) is 9.40. The number of hydrogen-bond acceptors (Lipinski definition) is 6. The number of halogens is 2. The SMILES string of the molecule is COCCCN1C(=O)C(=O)C(=C(O)c2ccc3c(c2)OCCO3)C1c1ccc(Cl)cc1Cl. The number of aliphatic hydroxyl groups excluding tert-OH is 1. The summed E-state index contributed by atoms with van der Waals surface area (Å²) in [7, 11) is 1.56. The Balaban J connectivity index is 1.83. The molecule has 32 heavy (non-hydrogen) atoms. The summed E-state index contributed by atoms with van der Waals surface area (Å²) in [4.78, 5) is 27.4. The van der Waals surface area contributed by atoms with Crippen LogP contribution < -0.4 is 9.47 Å². The van der Waals surface area contributed by atoms with Gasteiger partial charge in [-0.3, -0.25) is 9.59 Å². The van der Waals surface area contributed by atoms with Crippen LogP contribution in [0.2, 0.25) is 10.0 Å². The van der Waals surface area contributed by atoms with Gasteiger partial charge >= 0.3 is 0 Å². The number of nitrogens with zero attached hydrogens (tertiary/aromatic N) is 1. The Morgan fingerprint density at radius 2 is 1.88 bits per heavy atom. The standard InChI is InChI=1S/C23H21Cl2NO6/c1-30-8-2-7-26-20(15-5-4-14(24)12-16(15)25)19(22(28)23(26)29)21(27)13-3-6-17-18(11-13)32-10-9-31-17/h3-6,11-12,20,27H,2,7-10H2,1H3. The topological polar surface area (TPSA) is 85.3 Å². The van der Waals surface area contributed by atoms with Gasteiger partial charge in [-0.25, -0.2) is 0 Å². The van der Waals surface area contributed by atoms with E-state index in [1.54, 1.807) is 37.4 Å². The van der Waals surface area contributed by atoms with Gasteiger partial charge in [0.2, 0.25) is 0 Å². The number of aliphatic hydroxyl groups is 1. The first-order chi connectivity index (χ1) is 15.4. The van der Waals surface area contributed by atoms with Gasteiger partial charge in [0.1, 0.15) is 19.0 Å². The molecule has 1 unspecified atom stereocenters. The number of carbonyl (C=O) groups is 2. The number of carbonyl (C=O) groups excluding carboxylic acids is 2. The molecule has 1 N–H and O–H groups in total. The fourth-order valence-corrected chi connectivity index (χ4v) is 4.39. The largest absolute Gasteiger partial charge is 0.507 e. The Kier molecular flexibility index (Phi) is 6.60. The Morgan fingerprint density at radius 1 is 1.12 bits per heavy atom. The molecule has 1 fully saturated rings. The molecule has 2 aromatic rings. The molecule has 1 atom stereocenters. The molecule has 1 saturated heterocycles. The summed E-state index contributed by atoms with van der Waals surface area (Å²) in [5.41, 5.74) is 0.777. The van der Waals surface area contributed by atoms with E-state index in [0.29, 0.717) is 53.9 Å². The molecule has 2 heterocycles. The molecule has 2 aromatic carbocycles. The summed E-state index contributed by atoms with van der Waals surface area (Å²) in [5, 5.41) is 11.9. The van der Waals surface area contributed by atoms with Crippen molar-refractivity contribution < 1.29 is 28.9 Å². The highest BCUT2D eigenvalue weighted by molar-refractivity contribution is 6.47. The first-order valence-electron chi connectivity index (χ1n) is 10.0. The van der Waals surface area contributed by atoms with Crippen LogP contribution in [0.25, 0.3) is 5.76 Å². The third-order valence-corrected chi connectivity index (χ3v) is 5.92. The summed E-state index contributed by atoms with van der Waals surface area (Å²) in [6.45, 7) is 1.47. The second-order valence-corrected chi connectivity index (χ2v) is 8.21. The van der Waals surface area contributed by atoms with Crippen LogP contribution >= 0.6 is 23.2 Å². The second-order valence-electron chi connectivity index (χ2n) is 7.36. The van der Waals surface area contributed by atoms with Crippen molar-refractivity contribution in [2.45, 2.75) is 12.5 Å². The van der Waals surface area contributed by atoms with Gasteiger partial charge in [0.05, 0.1) is 11.6 Å². The zero-order valence-corrected chi connectivity index (χ0v) is 18.8. The number of ketones is 1. The highest BCUT2D eigenvalue weighted by atomic mass is 35.5. The van der Waals surface area contributed by atoms with Crippen molar-refractivity contribution in [3.8, 4) is 11.5 Å². The lowest BCUT2D eigenvalue weighted by Gasteiger charge is -2.26. The fraction of sp³-hybridized carbons (Fsp3) is 0.304. The number of methoxy groups -OCH3 is 1. The van der Waals surface area contributed by atoms with E-state index >= 15 is 0 Å². The first kappa shape index (κ1) is 22.5. The summed E-state index contributed by atoms with van der Waals surface area (Å²) in [6, 6.07) is 8.80. The average molecular weight is 478 g/mol. The molecule has 1 amide bonds. The molecule has 2 aliphatic heterocycles. The number of rotatable bonds is 6. The van der Waals surface area contributed by atoms with E-state index in [4.69, 9.17) is 37.4 Å². The third-order valence-electron chi connectivity index (χ3n) is 5.36. The van der Waals surface area contributed by atoms with Crippen LogP contribution in [0.5, 0.6) is 11.5 Å². The monoisotopic (exact) mass is 477 g/mol. The van der Waals surface area contributed by atoms with Crippen molar-refractivity contribution >= 4 is 40.7 Å². The van der Waals surface area contributed by atoms with E-state index in [0.717, 1.165) is 0 Å². The zero-order chi connectivity index (χ0) is 22.8. The van der Waals surface area contributed by atoms with E-state index in [2.05, 4.69) is 0 Å². The molecular formula is C23H21Cl2NO6. The van der Waals surface area contributed by atoms with Crippen LogP contribution in [0, 0.1) is 0 Å². The summed E-state index contributed by atoms with van der Waals surface area (Å²) in [5.74, 6) is -0.812. The maximum absolute atomic E-state index is 13.0. The molecule has 0 radical (unpaired) electrons. The van der Waals surface area contributed by atoms with Crippen molar-refractivity contribution in [1.29, 1.82) is 0 Å². The summed E-state index contributed by atoms with van der Waals surface area (Å²) < 4.78 is 16.2. The Labute approximate surface area is 195 Å². The lowest BCUT2D eigenvalue weighted by atomic mass is 9.95. The van der Waals surface area contributed by atoms with Crippen LogP contribution in [0.4, 0.5) is 0 Å². The van der Waals surface area contributed by atoms with Crippen LogP contribution in [-0.4, -0.2) is 55.2 Å². The number of fused-ring (bicyclic) bond motifs is 1. The van der Waals surface area contributed by atoms with Gasteiger partial charge in [0, 0.05) is 35.9 Å². The number of hydrogen-bond donors (Lipinski definition) is 1. The number of amides is 1. The van der Waals surface area contributed by atoms with Crippen LogP contribution in [0.15, 0.2) is 42.0 Å². The zero-order valence-electron chi connectivity index (χ0n) is 17.3. The molecule has 0 aliphatic carbocycles. The van der Waals surface area contributed by atoms with Crippen molar-refractivity contribution in [3.63, 3.8) is 0 Å². The predicted molar refractivity (Wildman–Crippen MR) is 119 cm³/mol. The van der Waals surface area contributed by atoms with Crippen LogP contribution in [0.3, 0.4) is 0 Å². The molecule has 9 heteroatoms. The maximum Gasteiger partial charge on any atom is 0.295 e. The average Bonchev–Trinajstić information content (AvgIpc) is 3.03. The highest BCUT2D eigenvalue weighted by Gasteiger charge is 2.46. The van der Waals surface area contributed by atoms with E-state index in [9.17, 15) is 14.7 Å². The Morgan fingerprint density at radius 3 is 2.59 bits per heavy atom. The third kappa shape index (κ3) is 4.16. The quantitative estimate of drug-likeness (QED) is 0.290. The van der Waals surface area contributed by atoms with Crippen molar-refractivity contribution in [2.75, 3.05) is 33.5 Å². The first-order valence-corrected chi connectivity index (χ1v) is 10.8. The number of ether oxygens (including phenoxy) is 3. The normalized spacial score (nSPS) is 19.5. The Hall–Kier alpha value is -2.74. The molecule has 4 rings (SSSR count). The fourth-order valence-electron chi connectivity index (χ4n) is 3.88. The molecule has 0 bridgehead atoms. The van der Waals surface area contributed by atoms with Crippen molar-refractivity contribution in [2.24, 2.45) is 0 Å². The van der Waals surface area contributed by atoms with Crippen molar-refractivity contribution in [3.05, 3.63) is 63.1 Å². The molecule has 0 spiro atoms. The van der Waals surface area contributed by atoms with Gasteiger partial charge in [-0.05, 0) is 42.3 Å². The van der Waals surface area contributed by atoms with E-state index in [1.807, 2.05) is 0 Å². The molecular weight excluding hydrogens is 457 g/mol. The van der Waals surface area contributed by atoms with Gasteiger partial charge in [-0.15, -0.1) is 0 Å². The smallest absolute Gasteiger partial charge is 0.295 e. The minimum Gasteiger partial charge on any atom is -0.507 e. The molecule has 168 valence electrons. The van der Waals surface area contributed by atoms with Gasteiger partial charge in [-0.1, -0.05) is 29.3 Å². The van der Waals surface area contributed by atoms with Gasteiger partial charge < -0.3 is 24.2 Å². The predicted octanol–water partition coefficient (Wildman–Crippen LogP) is 4.22.